The number of piperidine rings is 1. The van der Waals surface area contributed by atoms with Crippen LogP contribution in [0.15, 0.2) is 36.5 Å². The first-order valence-electron chi connectivity index (χ1n) is 11.9. The van der Waals surface area contributed by atoms with Gasteiger partial charge in [-0.05, 0) is 49.1 Å². The highest BCUT2D eigenvalue weighted by Gasteiger charge is 2.34. The number of carbonyl (C=O) groups is 1. The summed E-state index contributed by atoms with van der Waals surface area (Å²) in [6.45, 7) is 2.86. The van der Waals surface area contributed by atoms with Gasteiger partial charge in [-0.1, -0.05) is 13.0 Å². The summed E-state index contributed by atoms with van der Waals surface area (Å²) in [7, 11) is 0. The number of nitrogens with two attached hydrogens (primary N) is 1. The van der Waals surface area contributed by atoms with Gasteiger partial charge in [-0.3, -0.25) is 9.78 Å². The van der Waals surface area contributed by atoms with E-state index >= 15 is 0 Å². The summed E-state index contributed by atoms with van der Waals surface area (Å²) in [6, 6.07) is 4.81. The molecular formula is C26H26F3N5O2. The lowest BCUT2D eigenvalue weighted by atomic mass is 9.92. The number of benzene rings is 1. The maximum absolute atomic E-state index is 14.5. The minimum absolute atomic E-state index is 0.0838. The van der Waals surface area contributed by atoms with Crippen molar-refractivity contribution in [2.75, 3.05) is 23.3 Å². The molecule has 1 aliphatic carbocycles. The Kier molecular flexibility index (Phi) is 6.40. The van der Waals surface area contributed by atoms with Gasteiger partial charge in [0.2, 0.25) is 0 Å². The van der Waals surface area contributed by atoms with E-state index in [2.05, 4.69) is 20.2 Å². The number of hydrogen-bond donors (Lipinski definition) is 3. The smallest absolute Gasteiger partial charge is 0.274 e. The van der Waals surface area contributed by atoms with Gasteiger partial charge in [0.25, 0.3) is 5.91 Å². The molecule has 10 heteroatoms. The number of amides is 1. The highest BCUT2D eigenvalue weighted by Crippen LogP contribution is 2.38. The molecule has 3 atom stereocenters. The van der Waals surface area contributed by atoms with Gasteiger partial charge in [0.1, 0.15) is 28.8 Å². The summed E-state index contributed by atoms with van der Waals surface area (Å²) in [5, 5.41) is 13.1. The van der Waals surface area contributed by atoms with Crippen LogP contribution in [0.4, 0.5) is 24.5 Å². The average molecular weight is 498 g/mol. The zero-order chi connectivity index (χ0) is 25.6. The molecule has 0 bridgehead atoms. The van der Waals surface area contributed by atoms with Gasteiger partial charge in [-0.25, -0.2) is 18.2 Å². The fraction of sp³-hybridized carbons (Fsp3) is 0.346. The minimum Gasteiger partial charge on any atom is -0.391 e. The third-order valence-electron chi connectivity index (χ3n) is 6.88. The highest BCUT2D eigenvalue weighted by molar-refractivity contribution is 6.05. The van der Waals surface area contributed by atoms with Crippen LogP contribution in [-0.4, -0.2) is 46.2 Å². The van der Waals surface area contributed by atoms with Crippen molar-refractivity contribution in [1.29, 1.82) is 0 Å². The summed E-state index contributed by atoms with van der Waals surface area (Å²) in [6.07, 6.45) is 3.48. The van der Waals surface area contributed by atoms with Gasteiger partial charge in [-0.2, -0.15) is 0 Å². The van der Waals surface area contributed by atoms with E-state index < -0.39 is 46.8 Å². The summed E-state index contributed by atoms with van der Waals surface area (Å²) < 4.78 is 43.1. The molecule has 1 aromatic carbocycles. The number of nitrogens with one attached hydrogen (secondary N) is 1. The molecule has 0 spiro atoms. The van der Waals surface area contributed by atoms with E-state index in [1.165, 1.54) is 0 Å². The minimum atomic E-state index is -0.984. The number of aromatic nitrogens is 2. The number of halogens is 3. The molecule has 2 aromatic heterocycles. The van der Waals surface area contributed by atoms with Crippen LogP contribution >= 0.6 is 0 Å². The molecule has 0 unspecified atom stereocenters. The number of hydrogen-bond acceptors (Lipinski definition) is 6. The Balaban J connectivity index is 1.50. The van der Waals surface area contributed by atoms with Crippen molar-refractivity contribution in [3.8, 4) is 11.3 Å². The number of aliphatic hydroxyl groups is 1. The lowest BCUT2D eigenvalue weighted by Gasteiger charge is -2.41. The summed E-state index contributed by atoms with van der Waals surface area (Å²) in [4.78, 5) is 23.7. The summed E-state index contributed by atoms with van der Waals surface area (Å²) in [5.41, 5.74) is 7.95. The Morgan fingerprint density at radius 3 is 2.58 bits per heavy atom. The van der Waals surface area contributed by atoms with Gasteiger partial charge >= 0.3 is 0 Å². The van der Waals surface area contributed by atoms with Gasteiger partial charge in [0.15, 0.2) is 0 Å². The van der Waals surface area contributed by atoms with Crippen LogP contribution in [0.2, 0.25) is 0 Å². The highest BCUT2D eigenvalue weighted by atomic mass is 19.1. The van der Waals surface area contributed by atoms with Crippen molar-refractivity contribution < 1.29 is 23.1 Å². The molecular weight excluding hydrogens is 471 g/mol. The Hall–Kier alpha value is -3.50. The lowest BCUT2D eigenvalue weighted by Crippen LogP contribution is -2.56. The molecule has 3 aromatic rings. The van der Waals surface area contributed by atoms with Crippen LogP contribution in [0.25, 0.3) is 11.3 Å². The molecule has 188 valence electrons. The molecule has 4 N–H and O–H groups in total. The molecule has 2 aliphatic rings. The SMILES string of the molecule is C[C@H]1CN(c2c(NC(=O)c3ccc(F)c(-c4c(F)cccc4F)n3)cnc3c2CCC3)C[C@@H](N)[C@@H]1O. The first-order valence-corrected chi connectivity index (χ1v) is 11.9. The second-order valence-electron chi connectivity index (χ2n) is 9.41. The molecule has 5 rings (SSSR count). The van der Waals surface area contributed by atoms with Gasteiger partial charge in [0, 0.05) is 30.7 Å². The summed E-state index contributed by atoms with van der Waals surface area (Å²) in [5.74, 6) is -3.68. The fourth-order valence-electron chi connectivity index (χ4n) is 5.10. The topological polar surface area (TPSA) is 104 Å². The monoisotopic (exact) mass is 497 g/mol. The van der Waals surface area contributed by atoms with Crippen LogP contribution in [0.5, 0.6) is 0 Å². The van der Waals surface area contributed by atoms with Crippen LogP contribution in [-0.2, 0) is 12.8 Å². The predicted molar refractivity (Wildman–Crippen MR) is 129 cm³/mol. The Labute approximate surface area is 206 Å². The quantitative estimate of drug-likeness (QED) is 0.510. The Bertz CT molecular complexity index is 1300. The third-order valence-corrected chi connectivity index (χ3v) is 6.88. The summed E-state index contributed by atoms with van der Waals surface area (Å²) >= 11 is 0. The van der Waals surface area contributed by atoms with Crippen LogP contribution in [0.3, 0.4) is 0 Å². The Morgan fingerprint density at radius 1 is 1.11 bits per heavy atom. The number of aliphatic hydroxyl groups excluding tert-OH is 1. The number of aryl methyl sites for hydroxylation is 1. The van der Waals surface area contributed by atoms with Gasteiger partial charge in [-0.15, -0.1) is 0 Å². The maximum Gasteiger partial charge on any atom is 0.274 e. The molecule has 1 amide bonds. The number of carbonyl (C=O) groups excluding carboxylic acids is 1. The van der Waals surface area contributed by atoms with Crippen molar-refractivity contribution in [3.63, 3.8) is 0 Å². The van der Waals surface area contributed by atoms with E-state index in [9.17, 15) is 23.1 Å². The first-order chi connectivity index (χ1) is 17.2. The van der Waals surface area contributed by atoms with E-state index in [4.69, 9.17) is 5.73 Å². The average Bonchev–Trinajstić information content (AvgIpc) is 3.32. The molecule has 7 nitrogen and oxygen atoms in total. The number of rotatable bonds is 4. The van der Waals surface area contributed by atoms with E-state index in [0.717, 1.165) is 66.5 Å². The largest absolute Gasteiger partial charge is 0.391 e. The standard InChI is InChI=1S/C26H26F3N5O2/c1-13-11-34(12-18(30)25(13)35)24-14-4-2-7-19(14)31-10-21(24)33-26(36)20-9-8-17(29)23(32-20)22-15(27)5-3-6-16(22)28/h3,5-6,8-10,13,18,25,35H,2,4,7,11-12,30H2,1H3,(H,33,36)/t13-,18+,25+/m0/s1. The number of anilines is 2. The molecule has 0 radical (unpaired) electrons. The van der Waals surface area contributed by atoms with Crippen molar-refractivity contribution >= 4 is 17.3 Å². The predicted octanol–water partition coefficient (Wildman–Crippen LogP) is 3.45. The van der Waals surface area contributed by atoms with Crippen molar-refractivity contribution in [3.05, 3.63) is 70.9 Å². The second kappa shape index (κ2) is 9.51. The van der Waals surface area contributed by atoms with Crippen molar-refractivity contribution in [2.45, 2.75) is 38.3 Å². The van der Waals surface area contributed by atoms with E-state index in [1.54, 1.807) is 6.20 Å². The van der Waals surface area contributed by atoms with Crippen LogP contribution < -0.4 is 16.0 Å². The molecule has 36 heavy (non-hydrogen) atoms. The van der Waals surface area contributed by atoms with Crippen LogP contribution in [0, 0.1) is 23.4 Å². The fourth-order valence-corrected chi connectivity index (χ4v) is 5.10. The van der Waals surface area contributed by atoms with E-state index in [-0.39, 0.29) is 11.6 Å². The second-order valence-corrected chi connectivity index (χ2v) is 9.41. The zero-order valence-electron chi connectivity index (χ0n) is 19.6. The molecule has 3 heterocycles. The van der Waals surface area contributed by atoms with Gasteiger partial charge in [0.05, 0.1) is 29.2 Å². The molecule has 1 saturated heterocycles. The molecule has 1 aliphatic heterocycles. The van der Waals surface area contributed by atoms with E-state index in [1.807, 2.05) is 6.92 Å². The van der Waals surface area contributed by atoms with Crippen molar-refractivity contribution in [2.24, 2.45) is 11.7 Å². The van der Waals surface area contributed by atoms with Gasteiger partial charge < -0.3 is 21.1 Å². The zero-order valence-corrected chi connectivity index (χ0v) is 19.6. The number of fused-ring (bicyclic) bond motifs is 1. The maximum atomic E-state index is 14.5. The van der Waals surface area contributed by atoms with E-state index in [0.29, 0.717) is 18.8 Å². The molecule has 1 fully saturated rings. The molecule has 0 saturated carbocycles. The Morgan fingerprint density at radius 2 is 1.86 bits per heavy atom. The van der Waals surface area contributed by atoms with Crippen molar-refractivity contribution in [1.82, 2.24) is 9.97 Å². The normalized spacial score (nSPS) is 21.4. The third kappa shape index (κ3) is 4.31. The number of nitrogens with zero attached hydrogens (tertiary/aromatic N) is 3. The lowest BCUT2D eigenvalue weighted by molar-refractivity contribution is 0.0785. The van der Waals surface area contributed by atoms with Crippen LogP contribution in [0.1, 0.15) is 35.1 Å². The number of pyridine rings is 2. The first kappa shape index (κ1) is 24.2.